The minimum Gasteiger partial charge on any atom is -0.467 e. The Kier molecular flexibility index (Phi) is 4.35. The molecule has 1 rings (SSSR count). The fourth-order valence-electron chi connectivity index (χ4n) is 1.14. The molecule has 0 bridgehead atoms. The lowest BCUT2D eigenvalue weighted by Gasteiger charge is -2.13. The second kappa shape index (κ2) is 5.55. The predicted molar refractivity (Wildman–Crippen MR) is 53.3 cm³/mol. The summed E-state index contributed by atoms with van der Waals surface area (Å²) in [6.07, 6.45) is -4.56. The zero-order valence-electron chi connectivity index (χ0n) is 9.04. The van der Waals surface area contributed by atoms with E-state index in [4.69, 9.17) is 14.7 Å². The van der Waals surface area contributed by atoms with E-state index in [1.807, 2.05) is 0 Å². The highest BCUT2D eigenvalue weighted by atomic mass is 19.4. The average molecular weight is 245 g/mol. The van der Waals surface area contributed by atoms with Gasteiger partial charge < -0.3 is 9.47 Å². The second-order valence-corrected chi connectivity index (χ2v) is 3.08. The van der Waals surface area contributed by atoms with Crippen molar-refractivity contribution in [2.24, 2.45) is 0 Å². The van der Waals surface area contributed by atoms with Crippen LogP contribution in [0.5, 0.6) is 5.75 Å². The van der Waals surface area contributed by atoms with E-state index in [0.717, 1.165) is 12.1 Å². The van der Waals surface area contributed by atoms with E-state index in [-0.39, 0.29) is 18.1 Å². The molecule has 0 heterocycles. The molecule has 92 valence electrons. The number of benzene rings is 1. The van der Waals surface area contributed by atoms with E-state index in [2.05, 4.69) is 0 Å². The molecule has 0 N–H and O–H groups in total. The summed E-state index contributed by atoms with van der Waals surface area (Å²) in [5, 5.41) is 8.55. The molecule has 1 aromatic rings. The number of hydrogen-bond donors (Lipinski definition) is 0. The van der Waals surface area contributed by atoms with Gasteiger partial charge in [-0.2, -0.15) is 18.4 Å². The Morgan fingerprint density at radius 1 is 1.35 bits per heavy atom. The molecule has 0 atom stereocenters. The SMILES string of the molecule is CCOCOc1ccc(C#N)cc1C(F)(F)F. The van der Waals surface area contributed by atoms with Crippen molar-refractivity contribution < 1.29 is 22.6 Å². The van der Waals surface area contributed by atoms with Gasteiger partial charge in [0, 0.05) is 6.61 Å². The minimum atomic E-state index is -4.56. The summed E-state index contributed by atoms with van der Waals surface area (Å²) in [6, 6.07) is 4.77. The Morgan fingerprint density at radius 3 is 2.59 bits per heavy atom. The Labute approximate surface area is 96.4 Å². The average Bonchev–Trinajstić information content (AvgIpc) is 2.28. The molecular formula is C11H10F3NO2. The van der Waals surface area contributed by atoms with Gasteiger partial charge in [0.15, 0.2) is 6.79 Å². The van der Waals surface area contributed by atoms with Crippen molar-refractivity contribution in [1.82, 2.24) is 0 Å². The molecule has 3 nitrogen and oxygen atoms in total. The number of ether oxygens (including phenoxy) is 2. The van der Waals surface area contributed by atoms with Gasteiger partial charge in [0.1, 0.15) is 5.75 Å². The minimum absolute atomic E-state index is 0.0684. The quantitative estimate of drug-likeness (QED) is 0.605. The van der Waals surface area contributed by atoms with Crippen molar-refractivity contribution in [3.8, 4) is 11.8 Å². The summed E-state index contributed by atoms with van der Waals surface area (Å²) >= 11 is 0. The van der Waals surface area contributed by atoms with Gasteiger partial charge in [0.25, 0.3) is 0 Å². The second-order valence-electron chi connectivity index (χ2n) is 3.08. The summed E-state index contributed by atoms with van der Waals surface area (Å²) in [4.78, 5) is 0. The van der Waals surface area contributed by atoms with E-state index in [0.29, 0.717) is 6.61 Å². The molecule has 0 aromatic heterocycles. The number of rotatable bonds is 4. The number of halogens is 3. The summed E-state index contributed by atoms with van der Waals surface area (Å²) in [5.41, 5.74) is -1.04. The Balaban J connectivity index is 3.00. The molecule has 0 spiro atoms. The highest BCUT2D eigenvalue weighted by Gasteiger charge is 2.34. The number of alkyl halides is 3. The first kappa shape index (κ1) is 13.3. The summed E-state index contributed by atoms with van der Waals surface area (Å²) in [6.45, 7) is 1.79. The predicted octanol–water partition coefficient (Wildman–Crippen LogP) is 2.95. The third-order valence-electron chi connectivity index (χ3n) is 1.92. The summed E-state index contributed by atoms with van der Waals surface area (Å²) in [7, 11) is 0. The van der Waals surface area contributed by atoms with Crippen molar-refractivity contribution in [1.29, 1.82) is 5.26 Å². The molecule has 0 unspecified atom stereocenters. The van der Waals surface area contributed by atoms with Crippen LogP contribution in [0.1, 0.15) is 18.1 Å². The maximum absolute atomic E-state index is 12.6. The molecule has 17 heavy (non-hydrogen) atoms. The van der Waals surface area contributed by atoms with Crippen LogP contribution in [0.3, 0.4) is 0 Å². The van der Waals surface area contributed by atoms with E-state index in [1.54, 1.807) is 13.0 Å². The summed E-state index contributed by atoms with van der Waals surface area (Å²) in [5.74, 6) is -0.343. The van der Waals surface area contributed by atoms with Gasteiger partial charge in [0.05, 0.1) is 17.2 Å². The van der Waals surface area contributed by atoms with E-state index in [1.165, 1.54) is 6.07 Å². The monoisotopic (exact) mass is 245 g/mol. The molecule has 0 radical (unpaired) electrons. The van der Waals surface area contributed by atoms with Crippen molar-refractivity contribution in [3.63, 3.8) is 0 Å². The van der Waals surface area contributed by atoms with E-state index >= 15 is 0 Å². The van der Waals surface area contributed by atoms with Gasteiger partial charge in [-0.3, -0.25) is 0 Å². The molecule has 0 aliphatic carbocycles. The number of hydrogen-bond acceptors (Lipinski definition) is 3. The molecule has 0 saturated carbocycles. The molecule has 0 amide bonds. The molecular weight excluding hydrogens is 235 g/mol. The normalized spacial score (nSPS) is 11.0. The molecule has 0 fully saturated rings. The van der Waals surface area contributed by atoms with Crippen molar-refractivity contribution >= 4 is 0 Å². The van der Waals surface area contributed by atoms with Gasteiger partial charge in [0.2, 0.25) is 0 Å². The third kappa shape index (κ3) is 3.64. The fourth-order valence-corrected chi connectivity index (χ4v) is 1.14. The topological polar surface area (TPSA) is 42.2 Å². The van der Waals surface area contributed by atoms with Crippen LogP contribution in [-0.2, 0) is 10.9 Å². The first-order chi connectivity index (χ1) is 7.99. The van der Waals surface area contributed by atoms with Crippen LogP contribution in [0.15, 0.2) is 18.2 Å². The lowest BCUT2D eigenvalue weighted by molar-refractivity contribution is -0.139. The first-order valence-corrected chi connectivity index (χ1v) is 4.81. The lowest BCUT2D eigenvalue weighted by atomic mass is 10.1. The van der Waals surface area contributed by atoms with Crippen LogP contribution in [0.4, 0.5) is 13.2 Å². The molecule has 1 aromatic carbocycles. The van der Waals surface area contributed by atoms with Crippen LogP contribution >= 0.6 is 0 Å². The van der Waals surface area contributed by atoms with Crippen LogP contribution in [0.2, 0.25) is 0 Å². The van der Waals surface area contributed by atoms with Gasteiger partial charge in [-0.05, 0) is 25.1 Å². The lowest BCUT2D eigenvalue weighted by Crippen LogP contribution is -2.11. The largest absolute Gasteiger partial charge is 0.467 e. The van der Waals surface area contributed by atoms with E-state index < -0.39 is 11.7 Å². The molecule has 0 aliphatic rings. The van der Waals surface area contributed by atoms with E-state index in [9.17, 15) is 13.2 Å². The fraction of sp³-hybridized carbons (Fsp3) is 0.364. The highest BCUT2D eigenvalue weighted by molar-refractivity contribution is 5.43. The van der Waals surface area contributed by atoms with Gasteiger partial charge >= 0.3 is 6.18 Å². The first-order valence-electron chi connectivity index (χ1n) is 4.81. The van der Waals surface area contributed by atoms with Crippen molar-refractivity contribution in [3.05, 3.63) is 29.3 Å². The third-order valence-corrected chi connectivity index (χ3v) is 1.92. The van der Waals surface area contributed by atoms with Crippen LogP contribution in [-0.4, -0.2) is 13.4 Å². The summed E-state index contributed by atoms with van der Waals surface area (Å²) < 4.78 is 47.6. The Morgan fingerprint density at radius 2 is 2.06 bits per heavy atom. The Bertz CT molecular complexity index is 424. The van der Waals surface area contributed by atoms with Crippen LogP contribution in [0, 0.1) is 11.3 Å². The van der Waals surface area contributed by atoms with Gasteiger partial charge in [-0.25, -0.2) is 0 Å². The standard InChI is InChI=1S/C11H10F3NO2/c1-2-16-7-17-10-4-3-8(6-15)5-9(10)11(12,13)14/h3-5H,2,7H2,1H3. The van der Waals surface area contributed by atoms with Crippen LogP contribution in [0.25, 0.3) is 0 Å². The van der Waals surface area contributed by atoms with Crippen molar-refractivity contribution in [2.75, 3.05) is 13.4 Å². The van der Waals surface area contributed by atoms with Gasteiger partial charge in [-0.15, -0.1) is 0 Å². The Hall–Kier alpha value is -1.74. The maximum Gasteiger partial charge on any atom is 0.420 e. The molecule has 6 heteroatoms. The number of nitriles is 1. The van der Waals surface area contributed by atoms with Crippen LogP contribution < -0.4 is 4.74 Å². The zero-order valence-corrected chi connectivity index (χ0v) is 9.04. The molecule has 0 saturated heterocycles. The zero-order chi connectivity index (χ0) is 12.9. The smallest absolute Gasteiger partial charge is 0.420 e. The number of nitrogens with zero attached hydrogens (tertiary/aromatic N) is 1. The maximum atomic E-state index is 12.6. The van der Waals surface area contributed by atoms with Gasteiger partial charge in [-0.1, -0.05) is 0 Å². The molecule has 0 aliphatic heterocycles. The van der Waals surface area contributed by atoms with Crippen molar-refractivity contribution in [2.45, 2.75) is 13.1 Å². The highest BCUT2D eigenvalue weighted by Crippen LogP contribution is 2.36.